The van der Waals surface area contributed by atoms with Gasteiger partial charge in [-0.2, -0.15) is 5.10 Å². The van der Waals surface area contributed by atoms with Crippen LogP contribution in [0.25, 0.3) is 10.8 Å². The first kappa shape index (κ1) is 22.0. The zero-order valence-electron chi connectivity index (χ0n) is 17.5. The van der Waals surface area contributed by atoms with Gasteiger partial charge in [-0.25, -0.2) is 5.43 Å². The number of hydrogen-bond acceptors (Lipinski definition) is 4. The molecule has 6 nitrogen and oxygen atoms in total. The number of carbonyl (C=O) groups is 2. The summed E-state index contributed by atoms with van der Waals surface area (Å²) in [6, 6.07) is 27.7. The van der Waals surface area contributed by atoms with Gasteiger partial charge in [0.15, 0.2) is 0 Å². The molecular formula is C26H20ClN3O3. The van der Waals surface area contributed by atoms with E-state index in [9.17, 15) is 9.59 Å². The molecule has 0 saturated carbocycles. The van der Waals surface area contributed by atoms with Gasteiger partial charge in [0.25, 0.3) is 0 Å². The molecule has 0 radical (unpaired) electrons. The van der Waals surface area contributed by atoms with Crippen LogP contribution in [0.15, 0.2) is 96.1 Å². The van der Waals surface area contributed by atoms with Crippen LogP contribution in [0.2, 0.25) is 5.02 Å². The molecule has 0 aliphatic carbocycles. The van der Waals surface area contributed by atoms with E-state index >= 15 is 0 Å². The van der Waals surface area contributed by atoms with Crippen molar-refractivity contribution in [2.45, 2.75) is 6.61 Å². The number of nitrogens with one attached hydrogen (secondary N) is 2. The molecule has 0 saturated heterocycles. The number of amides is 2. The second-order valence-corrected chi connectivity index (χ2v) is 7.60. The molecular weight excluding hydrogens is 438 g/mol. The standard InChI is InChI=1S/C26H20ClN3O3/c27-21-13-11-18(12-14-21)17-33-22-8-3-5-19(15-22)16-28-30-26(32)25(31)29-24-10-4-7-20-6-1-2-9-23(20)24/h1-16H,17H2,(H,29,31)(H,30,32)/b28-16-. The number of hydrogen-bond donors (Lipinski definition) is 2. The molecule has 0 heterocycles. The Hall–Kier alpha value is -4.16. The van der Waals surface area contributed by atoms with E-state index in [-0.39, 0.29) is 0 Å². The summed E-state index contributed by atoms with van der Waals surface area (Å²) in [5.41, 5.74) is 4.50. The fraction of sp³-hybridized carbons (Fsp3) is 0.0385. The molecule has 164 valence electrons. The Morgan fingerprint density at radius 3 is 2.48 bits per heavy atom. The summed E-state index contributed by atoms with van der Waals surface area (Å²) in [7, 11) is 0. The molecule has 0 fully saturated rings. The largest absolute Gasteiger partial charge is 0.489 e. The maximum absolute atomic E-state index is 12.3. The molecule has 0 aromatic heterocycles. The Labute approximate surface area is 195 Å². The third-order valence-electron chi connectivity index (χ3n) is 4.80. The summed E-state index contributed by atoms with van der Waals surface area (Å²) in [6.45, 7) is 0.392. The van der Waals surface area contributed by atoms with E-state index in [1.54, 1.807) is 18.2 Å². The maximum atomic E-state index is 12.3. The fourth-order valence-corrected chi connectivity index (χ4v) is 3.29. The van der Waals surface area contributed by atoms with Crippen molar-refractivity contribution < 1.29 is 14.3 Å². The first-order valence-electron chi connectivity index (χ1n) is 10.2. The lowest BCUT2D eigenvalue weighted by atomic mass is 10.1. The SMILES string of the molecule is O=C(N/N=C\c1cccc(OCc2ccc(Cl)cc2)c1)C(=O)Nc1cccc2ccccc12. The van der Waals surface area contributed by atoms with Gasteiger partial charge < -0.3 is 10.1 Å². The van der Waals surface area contributed by atoms with E-state index in [2.05, 4.69) is 15.8 Å². The van der Waals surface area contributed by atoms with Gasteiger partial charge in [-0.05, 0) is 46.8 Å². The minimum atomic E-state index is -0.866. The van der Waals surface area contributed by atoms with E-state index in [1.165, 1.54) is 6.21 Å². The summed E-state index contributed by atoms with van der Waals surface area (Å²) in [5.74, 6) is -1.02. The number of fused-ring (bicyclic) bond motifs is 1. The van der Waals surface area contributed by atoms with Gasteiger partial charge >= 0.3 is 11.8 Å². The smallest absolute Gasteiger partial charge is 0.329 e. The second kappa shape index (κ2) is 10.4. The van der Waals surface area contributed by atoms with E-state index in [0.717, 1.165) is 16.3 Å². The van der Waals surface area contributed by atoms with Crippen molar-refractivity contribution in [2.75, 3.05) is 5.32 Å². The molecule has 4 rings (SSSR count). The van der Waals surface area contributed by atoms with Crippen LogP contribution in [-0.2, 0) is 16.2 Å². The first-order chi connectivity index (χ1) is 16.1. The lowest BCUT2D eigenvalue weighted by Crippen LogP contribution is -2.32. The van der Waals surface area contributed by atoms with Crippen LogP contribution in [0, 0.1) is 0 Å². The topological polar surface area (TPSA) is 79.8 Å². The number of ether oxygens (including phenoxy) is 1. The Balaban J connectivity index is 1.32. The van der Waals surface area contributed by atoms with Gasteiger partial charge in [-0.1, -0.05) is 72.3 Å². The van der Waals surface area contributed by atoms with Crippen molar-refractivity contribution in [2.24, 2.45) is 5.10 Å². The molecule has 7 heteroatoms. The summed E-state index contributed by atoms with van der Waals surface area (Å²) in [5, 5.41) is 8.99. The third kappa shape index (κ3) is 5.96. The predicted octanol–water partition coefficient (Wildman–Crippen LogP) is 5.16. The highest BCUT2D eigenvalue weighted by Gasteiger charge is 2.14. The number of anilines is 1. The fourth-order valence-electron chi connectivity index (χ4n) is 3.16. The van der Waals surface area contributed by atoms with Crippen molar-refractivity contribution >= 4 is 46.1 Å². The van der Waals surface area contributed by atoms with E-state index in [0.29, 0.717) is 28.6 Å². The van der Waals surface area contributed by atoms with Gasteiger partial charge in [0.1, 0.15) is 12.4 Å². The van der Waals surface area contributed by atoms with Crippen LogP contribution >= 0.6 is 11.6 Å². The van der Waals surface area contributed by atoms with Crippen molar-refractivity contribution in [3.05, 3.63) is 107 Å². The lowest BCUT2D eigenvalue weighted by Gasteiger charge is -2.08. The van der Waals surface area contributed by atoms with Crippen molar-refractivity contribution in [3.63, 3.8) is 0 Å². The van der Waals surface area contributed by atoms with Gasteiger partial charge in [0.05, 0.1) is 6.21 Å². The lowest BCUT2D eigenvalue weighted by molar-refractivity contribution is -0.136. The normalized spacial score (nSPS) is 10.8. The summed E-state index contributed by atoms with van der Waals surface area (Å²) in [6.07, 6.45) is 1.44. The Bertz CT molecular complexity index is 1310. The zero-order valence-corrected chi connectivity index (χ0v) is 18.3. The van der Waals surface area contributed by atoms with E-state index < -0.39 is 11.8 Å². The molecule has 0 atom stereocenters. The molecule has 0 bridgehead atoms. The average molecular weight is 458 g/mol. The molecule has 2 N–H and O–H groups in total. The molecule has 33 heavy (non-hydrogen) atoms. The van der Waals surface area contributed by atoms with Crippen LogP contribution in [0.5, 0.6) is 5.75 Å². The highest BCUT2D eigenvalue weighted by atomic mass is 35.5. The van der Waals surface area contributed by atoms with Crippen LogP contribution in [0.4, 0.5) is 5.69 Å². The number of hydrazone groups is 1. The molecule has 0 unspecified atom stereocenters. The first-order valence-corrected chi connectivity index (χ1v) is 10.6. The quantitative estimate of drug-likeness (QED) is 0.238. The molecule has 4 aromatic rings. The van der Waals surface area contributed by atoms with Gasteiger partial charge in [-0.3, -0.25) is 9.59 Å². The summed E-state index contributed by atoms with van der Waals surface area (Å²) in [4.78, 5) is 24.4. The van der Waals surface area contributed by atoms with Gasteiger partial charge in [-0.15, -0.1) is 0 Å². The van der Waals surface area contributed by atoms with Crippen LogP contribution in [0.3, 0.4) is 0 Å². The van der Waals surface area contributed by atoms with E-state index in [4.69, 9.17) is 16.3 Å². The maximum Gasteiger partial charge on any atom is 0.329 e. The molecule has 0 spiro atoms. The Morgan fingerprint density at radius 1 is 0.879 bits per heavy atom. The average Bonchev–Trinajstić information content (AvgIpc) is 2.84. The Kier molecular flexibility index (Phi) is 6.97. The number of rotatable bonds is 6. The van der Waals surface area contributed by atoms with Crippen LogP contribution in [-0.4, -0.2) is 18.0 Å². The van der Waals surface area contributed by atoms with Gasteiger partial charge in [0.2, 0.25) is 0 Å². The monoisotopic (exact) mass is 457 g/mol. The third-order valence-corrected chi connectivity index (χ3v) is 5.05. The van der Waals surface area contributed by atoms with Crippen LogP contribution < -0.4 is 15.5 Å². The molecule has 0 aliphatic rings. The number of nitrogens with zero attached hydrogens (tertiary/aromatic N) is 1. The minimum absolute atomic E-state index is 0.392. The number of benzene rings is 4. The second-order valence-electron chi connectivity index (χ2n) is 7.17. The minimum Gasteiger partial charge on any atom is -0.489 e. The molecule has 0 aliphatic heterocycles. The highest BCUT2D eigenvalue weighted by Crippen LogP contribution is 2.22. The predicted molar refractivity (Wildman–Crippen MR) is 131 cm³/mol. The summed E-state index contributed by atoms with van der Waals surface area (Å²) >= 11 is 5.89. The van der Waals surface area contributed by atoms with Gasteiger partial charge in [0, 0.05) is 16.1 Å². The molecule has 2 amide bonds. The van der Waals surface area contributed by atoms with Crippen molar-refractivity contribution in [1.82, 2.24) is 5.43 Å². The van der Waals surface area contributed by atoms with Crippen LogP contribution in [0.1, 0.15) is 11.1 Å². The summed E-state index contributed by atoms with van der Waals surface area (Å²) < 4.78 is 5.78. The highest BCUT2D eigenvalue weighted by molar-refractivity contribution is 6.40. The number of carbonyl (C=O) groups excluding carboxylic acids is 2. The zero-order chi connectivity index (χ0) is 23.0. The Morgan fingerprint density at radius 2 is 1.64 bits per heavy atom. The van der Waals surface area contributed by atoms with E-state index in [1.807, 2.05) is 72.8 Å². The molecule has 4 aromatic carbocycles. The van der Waals surface area contributed by atoms with Crippen molar-refractivity contribution in [1.29, 1.82) is 0 Å². The number of halogens is 1. The van der Waals surface area contributed by atoms with Crippen molar-refractivity contribution in [3.8, 4) is 5.75 Å².